The number of nitrogens with zero attached hydrogens (tertiary/aromatic N) is 3. The average Bonchev–Trinajstić information content (AvgIpc) is 3.25. The summed E-state index contributed by atoms with van der Waals surface area (Å²) in [5.41, 5.74) is 1.16. The molecule has 3 aromatic rings. The van der Waals surface area contributed by atoms with Gasteiger partial charge in [-0.3, -0.25) is 14.6 Å². The molecule has 0 spiro atoms. The molecule has 29 heavy (non-hydrogen) atoms. The SMILES string of the molecule is O=C(c1ccc(F)cc1)N1CCN2C(=O)c3ccncc3[C@@]12c1ccc(Cl)cc1. The molecule has 5 rings (SSSR count). The van der Waals surface area contributed by atoms with Crippen molar-refractivity contribution in [2.24, 2.45) is 0 Å². The Kier molecular flexibility index (Phi) is 3.93. The second kappa shape index (κ2) is 6.39. The van der Waals surface area contributed by atoms with Crippen LogP contribution >= 0.6 is 11.6 Å². The Morgan fingerprint density at radius 1 is 1.03 bits per heavy atom. The summed E-state index contributed by atoms with van der Waals surface area (Å²) < 4.78 is 13.4. The maximum atomic E-state index is 13.5. The van der Waals surface area contributed by atoms with Gasteiger partial charge in [0.05, 0.1) is 5.56 Å². The summed E-state index contributed by atoms with van der Waals surface area (Å²) in [6, 6.07) is 14.2. The van der Waals surface area contributed by atoms with Crippen LogP contribution in [0.1, 0.15) is 31.8 Å². The van der Waals surface area contributed by atoms with Crippen LogP contribution < -0.4 is 0 Å². The van der Waals surface area contributed by atoms with E-state index in [1.807, 2.05) is 12.1 Å². The summed E-state index contributed by atoms with van der Waals surface area (Å²) in [6.07, 6.45) is 3.21. The average molecular weight is 408 g/mol. The first-order valence-corrected chi connectivity index (χ1v) is 9.51. The summed E-state index contributed by atoms with van der Waals surface area (Å²) in [5, 5.41) is 0.557. The zero-order valence-electron chi connectivity index (χ0n) is 15.2. The molecule has 1 atom stereocenters. The minimum absolute atomic E-state index is 0.147. The lowest BCUT2D eigenvalue weighted by molar-refractivity contribution is 0.0374. The van der Waals surface area contributed by atoms with Gasteiger partial charge >= 0.3 is 0 Å². The van der Waals surface area contributed by atoms with Crippen LogP contribution in [0.3, 0.4) is 0 Å². The standard InChI is InChI=1S/C22H15ClFN3O2/c23-16-5-3-15(4-6-16)22-19-13-25-10-9-18(19)21(29)27(22)12-11-26(22)20(28)14-1-7-17(24)8-2-14/h1-10,13H,11-12H2/t22-/m0/s1. The number of carbonyl (C=O) groups excluding carboxylic acids is 2. The lowest BCUT2D eigenvalue weighted by Crippen LogP contribution is -2.51. The molecule has 0 radical (unpaired) electrons. The number of fused-ring (bicyclic) bond motifs is 3. The first kappa shape index (κ1) is 17.8. The third-order valence-corrected chi connectivity index (χ3v) is 5.84. The number of hydrogen-bond donors (Lipinski definition) is 0. The highest BCUT2D eigenvalue weighted by Crippen LogP contribution is 2.49. The fourth-order valence-corrected chi connectivity index (χ4v) is 4.49. The fourth-order valence-electron chi connectivity index (χ4n) is 4.36. The van der Waals surface area contributed by atoms with Crippen LogP contribution in [0, 0.1) is 5.82 Å². The normalized spacial score (nSPS) is 20.0. The second-order valence-corrected chi connectivity index (χ2v) is 7.46. The van der Waals surface area contributed by atoms with E-state index in [-0.39, 0.29) is 11.8 Å². The predicted octanol–water partition coefficient (Wildman–Crippen LogP) is 3.69. The Labute approximate surface area is 171 Å². The fraction of sp³-hybridized carbons (Fsp3) is 0.136. The summed E-state index contributed by atoms with van der Waals surface area (Å²) in [6.45, 7) is 0.724. The third kappa shape index (κ3) is 2.42. The van der Waals surface area contributed by atoms with E-state index < -0.39 is 11.5 Å². The van der Waals surface area contributed by atoms with Gasteiger partial charge in [-0.15, -0.1) is 0 Å². The summed E-state index contributed by atoms with van der Waals surface area (Å²) in [4.78, 5) is 34.2. The van der Waals surface area contributed by atoms with Gasteiger partial charge in [0.15, 0.2) is 5.66 Å². The van der Waals surface area contributed by atoms with Gasteiger partial charge in [0, 0.05) is 47.2 Å². The molecular weight excluding hydrogens is 393 g/mol. The van der Waals surface area contributed by atoms with Gasteiger partial charge in [0.25, 0.3) is 11.8 Å². The number of carbonyl (C=O) groups is 2. The number of benzene rings is 2. The van der Waals surface area contributed by atoms with Crippen molar-refractivity contribution in [1.82, 2.24) is 14.8 Å². The van der Waals surface area contributed by atoms with Gasteiger partial charge in [0.2, 0.25) is 0 Å². The molecule has 0 saturated carbocycles. The minimum Gasteiger partial charge on any atom is -0.306 e. The number of rotatable bonds is 2. The Morgan fingerprint density at radius 3 is 2.48 bits per heavy atom. The molecule has 0 unspecified atom stereocenters. The van der Waals surface area contributed by atoms with E-state index in [1.54, 1.807) is 40.4 Å². The van der Waals surface area contributed by atoms with E-state index in [0.29, 0.717) is 34.8 Å². The Hall–Kier alpha value is -3.25. The molecule has 1 fully saturated rings. The highest BCUT2D eigenvalue weighted by molar-refractivity contribution is 6.30. The molecule has 2 aromatic carbocycles. The largest absolute Gasteiger partial charge is 0.306 e. The monoisotopic (exact) mass is 407 g/mol. The Balaban J connectivity index is 1.74. The molecule has 144 valence electrons. The molecule has 2 aliphatic heterocycles. The van der Waals surface area contributed by atoms with Crippen molar-refractivity contribution >= 4 is 23.4 Å². The molecule has 2 amide bonds. The summed E-state index contributed by atoms with van der Waals surface area (Å²) >= 11 is 6.09. The predicted molar refractivity (Wildman–Crippen MR) is 105 cm³/mol. The van der Waals surface area contributed by atoms with Crippen molar-refractivity contribution in [2.75, 3.05) is 13.1 Å². The molecule has 2 aliphatic rings. The zero-order valence-corrected chi connectivity index (χ0v) is 15.9. The van der Waals surface area contributed by atoms with Crippen molar-refractivity contribution in [1.29, 1.82) is 0 Å². The maximum Gasteiger partial charge on any atom is 0.256 e. The molecule has 7 heteroatoms. The number of aromatic nitrogens is 1. The first-order valence-electron chi connectivity index (χ1n) is 9.13. The van der Waals surface area contributed by atoms with Crippen molar-refractivity contribution in [3.8, 4) is 0 Å². The van der Waals surface area contributed by atoms with Gasteiger partial charge in [-0.2, -0.15) is 0 Å². The van der Waals surface area contributed by atoms with Gasteiger partial charge in [-0.1, -0.05) is 23.7 Å². The van der Waals surface area contributed by atoms with E-state index in [2.05, 4.69) is 4.98 Å². The van der Waals surface area contributed by atoms with E-state index in [4.69, 9.17) is 11.6 Å². The molecule has 0 bridgehead atoms. The molecule has 0 N–H and O–H groups in total. The molecule has 5 nitrogen and oxygen atoms in total. The topological polar surface area (TPSA) is 53.5 Å². The zero-order chi connectivity index (χ0) is 20.2. The van der Waals surface area contributed by atoms with E-state index in [0.717, 1.165) is 5.56 Å². The molecular formula is C22H15ClFN3O2. The van der Waals surface area contributed by atoms with Crippen LogP contribution in [-0.4, -0.2) is 39.7 Å². The van der Waals surface area contributed by atoms with E-state index in [9.17, 15) is 14.0 Å². The molecule has 1 saturated heterocycles. The number of halogens is 2. The quantitative estimate of drug-likeness (QED) is 0.651. The highest BCUT2D eigenvalue weighted by Gasteiger charge is 2.59. The van der Waals surface area contributed by atoms with Crippen LogP contribution in [0.15, 0.2) is 67.0 Å². The minimum atomic E-state index is -1.11. The first-order chi connectivity index (χ1) is 14.0. The van der Waals surface area contributed by atoms with Crippen molar-refractivity contribution in [3.63, 3.8) is 0 Å². The molecule has 0 aliphatic carbocycles. The number of hydrogen-bond acceptors (Lipinski definition) is 3. The lowest BCUT2D eigenvalue weighted by atomic mass is 9.90. The second-order valence-electron chi connectivity index (χ2n) is 7.02. The van der Waals surface area contributed by atoms with Crippen LogP contribution in [0.25, 0.3) is 0 Å². The van der Waals surface area contributed by atoms with Crippen molar-refractivity contribution in [2.45, 2.75) is 5.66 Å². The van der Waals surface area contributed by atoms with E-state index >= 15 is 0 Å². The van der Waals surface area contributed by atoms with Crippen LogP contribution in [0.2, 0.25) is 5.02 Å². The van der Waals surface area contributed by atoms with Crippen LogP contribution in [-0.2, 0) is 5.66 Å². The van der Waals surface area contributed by atoms with E-state index in [1.165, 1.54) is 24.3 Å². The van der Waals surface area contributed by atoms with Gasteiger partial charge in [-0.25, -0.2) is 4.39 Å². The Morgan fingerprint density at radius 2 is 1.76 bits per heavy atom. The number of pyridine rings is 1. The highest BCUT2D eigenvalue weighted by atomic mass is 35.5. The molecule has 1 aromatic heterocycles. The third-order valence-electron chi connectivity index (χ3n) is 5.58. The van der Waals surface area contributed by atoms with Gasteiger partial charge in [0.1, 0.15) is 5.82 Å². The maximum absolute atomic E-state index is 13.5. The van der Waals surface area contributed by atoms with Crippen LogP contribution in [0.4, 0.5) is 4.39 Å². The van der Waals surface area contributed by atoms with Crippen LogP contribution in [0.5, 0.6) is 0 Å². The molecule has 3 heterocycles. The summed E-state index contributed by atoms with van der Waals surface area (Å²) in [5.74, 6) is -0.846. The lowest BCUT2D eigenvalue weighted by Gasteiger charge is -2.40. The Bertz CT molecular complexity index is 1130. The smallest absolute Gasteiger partial charge is 0.256 e. The number of amides is 2. The van der Waals surface area contributed by atoms with Gasteiger partial charge < -0.3 is 9.80 Å². The summed E-state index contributed by atoms with van der Waals surface area (Å²) in [7, 11) is 0. The van der Waals surface area contributed by atoms with Gasteiger partial charge in [-0.05, 0) is 42.5 Å². The van der Waals surface area contributed by atoms with Crippen molar-refractivity contribution in [3.05, 3.63) is 100 Å². The van der Waals surface area contributed by atoms with Crippen molar-refractivity contribution < 1.29 is 14.0 Å².